The SMILES string of the molecule is Cc1ccc(C)c(-n2nnc(C#N)c2-c2ccccc2F)c1. The zero-order valence-corrected chi connectivity index (χ0v) is 12.2. The highest BCUT2D eigenvalue weighted by molar-refractivity contribution is 5.68. The molecule has 0 radical (unpaired) electrons. The van der Waals surface area contributed by atoms with Crippen LogP contribution in [0.2, 0.25) is 0 Å². The van der Waals surface area contributed by atoms with Crippen molar-refractivity contribution in [2.24, 2.45) is 0 Å². The van der Waals surface area contributed by atoms with Crippen LogP contribution in [0.15, 0.2) is 42.5 Å². The molecule has 0 spiro atoms. The number of nitriles is 1. The normalized spacial score (nSPS) is 10.5. The fraction of sp³-hybridized carbons (Fsp3) is 0.118. The minimum absolute atomic E-state index is 0.103. The maximum absolute atomic E-state index is 14.2. The number of aromatic nitrogens is 3. The average molecular weight is 292 g/mol. The van der Waals surface area contributed by atoms with Crippen molar-refractivity contribution < 1.29 is 4.39 Å². The molecule has 0 aliphatic carbocycles. The van der Waals surface area contributed by atoms with Gasteiger partial charge in [-0.05, 0) is 43.2 Å². The van der Waals surface area contributed by atoms with Gasteiger partial charge in [-0.15, -0.1) is 5.10 Å². The summed E-state index contributed by atoms with van der Waals surface area (Å²) in [7, 11) is 0. The first-order valence-electron chi connectivity index (χ1n) is 6.80. The molecule has 0 saturated carbocycles. The van der Waals surface area contributed by atoms with E-state index in [4.69, 9.17) is 0 Å². The third kappa shape index (κ3) is 2.25. The van der Waals surface area contributed by atoms with Crippen LogP contribution in [-0.2, 0) is 0 Å². The zero-order valence-electron chi connectivity index (χ0n) is 12.2. The van der Waals surface area contributed by atoms with E-state index in [9.17, 15) is 9.65 Å². The van der Waals surface area contributed by atoms with Crippen LogP contribution in [0.4, 0.5) is 4.39 Å². The van der Waals surface area contributed by atoms with E-state index >= 15 is 0 Å². The van der Waals surface area contributed by atoms with Crippen LogP contribution in [-0.4, -0.2) is 15.0 Å². The Morgan fingerprint density at radius 1 is 1.14 bits per heavy atom. The highest BCUT2D eigenvalue weighted by Gasteiger charge is 2.19. The molecular formula is C17H13FN4. The molecule has 0 fully saturated rings. The molecule has 3 aromatic rings. The van der Waals surface area contributed by atoms with Crippen molar-refractivity contribution in [2.45, 2.75) is 13.8 Å². The Labute approximate surface area is 127 Å². The molecule has 4 nitrogen and oxygen atoms in total. The Morgan fingerprint density at radius 3 is 2.64 bits per heavy atom. The van der Waals surface area contributed by atoms with Gasteiger partial charge in [-0.25, -0.2) is 9.07 Å². The molecule has 0 bridgehead atoms. The van der Waals surface area contributed by atoms with Gasteiger partial charge in [0.15, 0.2) is 5.69 Å². The summed E-state index contributed by atoms with van der Waals surface area (Å²) in [5.41, 5.74) is 3.59. The Kier molecular flexibility index (Phi) is 3.43. The van der Waals surface area contributed by atoms with Crippen LogP contribution in [0.3, 0.4) is 0 Å². The first-order valence-corrected chi connectivity index (χ1v) is 6.80. The Morgan fingerprint density at radius 2 is 1.91 bits per heavy atom. The molecule has 0 aliphatic rings. The summed E-state index contributed by atoms with van der Waals surface area (Å²) in [5, 5.41) is 17.2. The molecule has 0 amide bonds. The van der Waals surface area contributed by atoms with Gasteiger partial charge in [-0.3, -0.25) is 0 Å². The standard InChI is InChI=1S/C17H13FN4/c1-11-7-8-12(2)16(9-11)22-17(15(10-19)20-21-22)13-5-3-4-6-14(13)18/h3-9H,1-2H3. The van der Waals surface area contributed by atoms with Crippen molar-refractivity contribution in [2.75, 3.05) is 0 Å². The Bertz CT molecular complexity index is 890. The summed E-state index contributed by atoms with van der Waals surface area (Å²) >= 11 is 0. The number of benzene rings is 2. The van der Waals surface area contributed by atoms with Gasteiger partial charge in [-0.2, -0.15) is 5.26 Å². The monoisotopic (exact) mass is 292 g/mol. The molecule has 0 unspecified atom stereocenters. The number of hydrogen-bond acceptors (Lipinski definition) is 3. The predicted molar refractivity (Wildman–Crippen MR) is 80.9 cm³/mol. The number of halogens is 1. The summed E-state index contributed by atoms with van der Waals surface area (Å²) in [6.07, 6.45) is 0. The second-order valence-corrected chi connectivity index (χ2v) is 5.08. The summed E-state index contributed by atoms with van der Waals surface area (Å²) in [4.78, 5) is 0. The number of hydrogen-bond donors (Lipinski definition) is 0. The first kappa shape index (κ1) is 14.0. The van der Waals surface area contributed by atoms with Crippen LogP contribution in [0.1, 0.15) is 16.8 Å². The van der Waals surface area contributed by atoms with Crippen molar-refractivity contribution in [3.05, 3.63) is 65.1 Å². The maximum atomic E-state index is 14.2. The highest BCUT2D eigenvalue weighted by Crippen LogP contribution is 2.28. The van der Waals surface area contributed by atoms with Crippen LogP contribution in [0, 0.1) is 31.0 Å². The van der Waals surface area contributed by atoms with Crippen molar-refractivity contribution in [3.8, 4) is 23.0 Å². The van der Waals surface area contributed by atoms with Crippen molar-refractivity contribution in [3.63, 3.8) is 0 Å². The lowest BCUT2D eigenvalue weighted by atomic mass is 10.1. The minimum Gasteiger partial charge on any atom is -0.211 e. The van der Waals surface area contributed by atoms with Gasteiger partial charge >= 0.3 is 0 Å². The van der Waals surface area contributed by atoms with Crippen LogP contribution in [0.25, 0.3) is 16.9 Å². The van der Waals surface area contributed by atoms with Crippen LogP contribution >= 0.6 is 0 Å². The Hall–Kier alpha value is -3.00. The number of nitrogens with zero attached hydrogens (tertiary/aromatic N) is 4. The lowest BCUT2D eigenvalue weighted by Crippen LogP contribution is -2.03. The van der Waals surface area contributed by atoms with E-state index in [0.717, 1.165) is 16.8 Å². The average Bonchev–Trinajstić information content (AvgIpc) is 2.93. The fourth-order valence-corrected chi connectivity index (χ4v) is 2.37. The number of aryl methyl sites for hydroxylation is 2. The largest absolute Gasteiger partial charge is 0.211 e. The molecule has 3 rings (SSSR count). The summed E-state index contributed by atoms with van der Waals surface area (Å²) in [6.45, 7) is 3.90. The van der Waals surface area contributed by atoms with E-state index < -0.39 is 5.82 Å². The summed E-state index contributed by atoms with van der Waals surface area (Å²) < 4.78 is 15.7. The fourth-order valence-electron chi connectivity index (χ4n) is 2.37. The maximum Gasteiger partial charge on any atom is 0.191 e. The van der Waals surface area contributed by atoms with Gasteiger partial charge in [0.2, 0.25) is 0 Å². The minimum atomic E-state index is -0.409. The van der Waals surface area contributed by atoms with Gasteiger partial charge in [0.05, 0.1) is 5.69 Å². The van der Waals surface area contributed by atoms with Crippen molar-refractivity contribution >= 4 is 0 Å². The lowest BCUT2D eigenvalue weighted by molar-refractivity contribution is 0.629. The van der Waals surface area contributed by atoms with E-state index in [-0.39, 0.29) is 5.69 Å². The second kappa shape index (κ2) is 5.41. The third-order valence-electron chi connectivity index (χ3n) is 3.50. The van der Waals surface area contributed by atoms with Crippen LogP contribution in [0.5, 0.6) is 0 Å². The molecule has 1 heterocycles. The highest BCUT2D eigenvalue weighted by atomic mass is 19.1. The number of rotatable bonds is 2. The molecule has 22 heavy (non-hydrogen) atoms. The van der Waals surface area contributed by atoms with Gasteiger partial charge in [-0.1, -0.05) is 29.5 Å². The molecule has 1 aromatic heterocycles. The molecule has 0 aliphatic heterocycles. The van der Waals surface area contributed by atoms with E-state index in [1.807, 2.05) is 38.1 Å². The zero-order chi connectivity index (χ0) is 15.7. The lowest BCUT2D eigenvalue weighted by Gasteiger charge is -2.11. The quantitative estimate of drug-likeness (QED) is 0.725. The molecular weight excluding hydrogens is 279 g/mol. The molecule has 0 N–H and O–H groups in total. The summed E-state index contributed by atoms with van der Waals surface area (Å²) in [6, 6.07) is 14.2. The third-order valence-corrected chi connectivity index (χ3v) is 3.50. The first-order chi connectivity index (χ1) is 10.6. The Balaban J connectivity index is 2.32. The van der Waals surface area contributed by atoms with Crippen molar-refractivity contribution in [1.29, 1.82) is 5.26 Å². The second-order valence-electron chi connectivity index (χ2n) is 5.08. The van der Waals surface area contributed by atoms with E-state index in [1.54, 1.807) is 18.2 Å². The van der Waals surface area contributed by atoms with E-state index in [1.165, 1.54) is 10.7 Å². The summed E-state index contributed by atoms with van der Waals surface area (Å²) in [5.74, 6) is -0.409. The van der Waals surface area contributed by atoms with E-state index in [0.29, 0.717) is 11.3 Å². The van der Waals surface area contributed by atoms with Crippen molar-refractivity contribution in [1.82, 2.24) is 15.0 Å². The molecule has 108 valence electrons. The van der Waals surface area contributed by atoms with Gasteiger partial charge in [0, 0.05) is 5.56 Å². The molecule has 0 saturated heterocycles. The topological polar surface area (TPSA) is 54.5 Å². The van der Waals surface area contributed by atoms with Gasteiger partial charge in [0.25, 0.3) is 0 Å². The van der Waals surface area contributed by atoms with E-state index in [2.05, 4.69) is 10.3 Å². The smallest absolute Gasteiger partial charge is 0.191 e. The molecule has 2 aromatic carbocycles. The van der Waals surface area contributed by atoms with Gasteiger partial charge < -0.3 is 0 Å². The molecule has 0 atom stereocenters. The van der Waals surface area contributed by atoms with Gasteiger partial charge in [0.1, 0.15) is 17.6 Å². The predicted octanol–water partition coefficient (Wildman–Crippen LogP) is 3.56. The van der Waals surface area contributed by atoms with Crippen LogP contribution < -0.4 is 0 Å². The molecule has 5 heteroatoms.